The molecule has 2 rings (SSSR count). The first-order chi connectivity index (χ1) is 9.47. The number of amides is 1. The van der Waals surface area contributed by atoms with Gasteiger partial charge in [-0.05, 0) is 46.6 Å². The number of nitro benzene ring substituents is 1. The van der Waals surface area contributed by atoms with Crippen molar-refractivity contribution >= 4 is 33.2 Å². The average Bonchev–Trinajstić information content (AvgIpc) is 2.41. The zero-order chi connectivity index (χ0) is 14.7. The van der Waals surface area contributed by atoms with Gasteiger partial charge in [0.1, 0.15) is 11.4 Å². The van der Waals surface area contributed by atoms with Crippen LogP contribution in [0.25, 0.3) is 0 Å². The van der Waals surface area contributed by atoms with Crippen molar-refractivity contribution in [3.8, 4) is 0 Å². The van der Waals surface area contributed by atoms with E-state index in [9.17, 15) is 14.9 Å². The van der Waals surface area contributed by atoms with Crippen LogP contribution in [0.2, 0.25) is 0 Å². The highest BCUT2D eigenvalue weighted by Crippen LogP contribution is 2.25. The van der Waals surface area contributed by atoms with E-state index in [1.165, 1.54) is 24.4 Å². The number of nitrogens with zero attached hydrogens (tertiary/aromatic N) is 2. The molecule has 7 heteroatoms. The predicted molar refractivity (Wildman–Crippen MR) is 77.7 cm³/mol. The number of carbonyl (C=O) groups is 1. The number of nitrogens with one attached hydrogen (secondary N) is 1. The van der Waals surface area contributed by atoms with E-state index in [2.05, 4.69) is 26.2 Å². The van der Waals surface area contributed by atoms with Crippen LogP contribution in [0.5, 0.6) is 0 Å². The molecule has 0 aliphatic carbocycles. The van der Waals surface area contributed by atoms with Crippen LogP contribution in [0.4, 0.5) is 11.4 Å². The van der Waals surface area contributed by atoms with Gasteiger partial charge in [0.15, 0.2) is 0 Å². The summed E-state index contributed by atoms with van der Waals surface area (Å²) >= 11 is 3.22. The molecular formula is C13H10BrN3O3. The second-order valence-electron chi connectivity index (χ2n) is 4.09. The summed E-state index contributed by atoms with van der Waals surface area (Å²) in [5, 5.41) is 13.5. The standard InChI is InChI=1S/C13H10BrN3O3/c1-8-2-4-10(12(6-8)17(19)20)16-13(18)11-5-3-9(14)7-15-11/h2-7H,1H3,(H,16,18). The van der Waals surface area contributed by atoms with Gasteiger partial charge in [-0.25, -0.2) is 4.98 Å². The first-order valence-corrected chi connectivity index (χ1v) is 6.44. The van der Waals surface area contributed by atoms with E-state index >= 15 is 0 Å². The van der Waals surface area contributed by atoms with Gasteiger partial charge in [-0.15, -0.1) is 0 Å². The summed E-state index contributed by atoms with van der Waals surface area (Å²) in [5.41, 5.74) is 0.935. The van der Waals surface area contributed by atoms with Gasteiger partial charge in [-0.3, -0.25) is 14.9 Å². The summed E-state index contributed by atoms with van der Waals surface area (Å²) in [5.74, 6) is -0.496. The maximum atomic E-state index is 12.0. The number of hydrogen-bond donors (Lipinski definition) is 1. The molecule has 0 unspecified atom stereocenters. The third-order valence-electron chi connectivity index (χ3n) is 2.56. The Balaban J connectivity index is 2.28. The van der Waals surface area contributed by atoms with E-state index in [0.717, 1.165) is 10.0 Å². The number of anilines is 1. The van der Waals surface area contributed by atoms with Gasteiger partial charge in [0, 0.05) is 16.7 Å². The SMILES string of the molecule is Cc1ccc(NC(=O)c2ccc(Br)cn2)c([N+](=O)[O-])c1. The van der Waals surface area contributed by atoms with Crippen LogP contribution in [0, 0.1) is 17.0 Å². The molecule has 0 saturated carbocycles. The molecule has 0 bridgehead atoms. The van der Waals surface area contributed by atoms with Crippen LogP contribution in [0.1, 0.15) is 16.1 Å². The third-order valence-corrected chi connectivity index (χ3v) is 3.03. The lowest BCUT2D eigenvalue weighted by atomic mass is 10.2. The maximum Gasteiger partial charge on any atom is 0.293 e. The molecule has 0 saturated heterocycles. The van der Waals surface area contributed by atoms with Crippen LogP contribution in [0.3, 0.4) is 0 Å². The second-order valence-corrected chi connectivity index (χ2v) is 5.01. The average molecular weight is 336 g/mol. The fraction of sp³-hybridized carbons (Fsp3) is 0.0769. The minimum absolute atomic E-state index is 0.143. The van der Waals surface area contributed by atoms with Crippen LogP contribution < -0.4 is 5.32 Å². The highest BCUT2D eigenvalue weighted by atomic mass is 79.9. The molecule has 0 radical (unpaired) electrons. The van der Waals surface area contributed by atoms with Gasteiger partial charge in [0.25, 0.3) is 11.6 Å². The van der Waals surface area contributed by atoms with Crippen molar-refractivity contribution in [3.63, 3.8) is 0 Å². The van der Waals surface area contributed by atoms with Crippen molar-refractivity contribution in [2.75, 3.05) is 5.32 Å². The molecule has 2 aromatic rings. The van der Waals surface area contributed by atoms with Crippen LogP contribution >= 0.6 is 15.9 Å². The Morgan fingerprint density at radius 3 is 2.70 bits per heavy atom. The van der Waals surface area contributed by atoms with Crippen LogP contribution in [-0.2, 0) is 0 Å². The Labute approximate surface area is 123 Å². The van der Waals surface area contributed by atoms with Crippen molar-refractivity contribution in [2.45, 2.75) is 6.92 Å². The first-order valence-electron chi connectivity index (χ1n) is 5.65. The van der Waals surface area contributed by atoms with Crippen molar-refractivity contribution < 1.29 is 9.72 Å². The Hall–Kier alpha value is -2.28. The normalized spacial score (nSPS) is 10.1. The summed E-state index contributed by atoms with van der Waals surface area (Å²) in [4.78, 5) is 26.4. The summed E-state index contributed by atoms with van der Waals surface area (Å²) < 4.78 is 0.746. The molecule has 0 fully saturated rings. The van der Waals surface area contributed by atoms with E-state index in [-0.39, 0.29) is 17.1 Å². The minimum atomic E-state index is -0.530. The molecule has 1 N–H and O–H groups in total. The third kappa shape index (κ3) is 3.18. The molecule has 1 aromatic carbocycles. The van der Waals surface area contributed by atoms with Crippen molar-refractivity contribution in [1.82, 2.24) is 4.98 Å². The highest BCUT2D eigenvalue weighted by molar-refractivity contribution is 9.10. The molecule has 0 aliphatic heterocycles. The van der Waals surface area contributed by atoms with Crippen molar-refractivity contribution in [3.05, 3.63) is 62.4 Å². The largest absolute Gasteiger partial charge is 0.315 e. The quantitative estimate of drug-likeness (QED) is 0.688. The smallest absolute Gasteiger partial charge is 0.293 e. The molecule has 6 nitrogen and oxygen atoms in total. The minimum Gasteiger partial charge on any atom is -0.315 e. The Kier molecular flexibility index (Phi) is 4.09. The van der Waals surface area contributed by atoms with Crippen LogP contribution in [-0.4, -0.2) is 15.8 Å². The van der Waals surface area contributed by atoms with E-state index in [4.69, 9.17) is 0 Å². The van der Waals surface area contributed by atoms with Gasteiger partial charge < -0.3 is 5.32 Å². The zero-order valence-electron chi connectivity index (χ0n) is 10.5. The van der Waals surface area contributed by atoms with Crippen molar-refractivity contribution in [1.29, 1.82) is 0 Å². The van der Waals surface area contributed by atoms with E-state index in [1.807, 2.05) is 0 Å². The van der Waals surface area contributed by atoms with Gasteiger partial charge in [-0.1, -0.05) is 6.07 Å². The molecule has 0 aliphatic rings. The van der Waals surface area contributed by atoms with Crippen molar-refractivity contribution in [2.24, 2.45) is 0 Å². The summed E-state index contributed by atoms with van der Waals surface area (Å²) in [6.07, 6.45) is 1.48. The lowest BCUT2D eigenvalue weighted by Crippen LogP contribution is -2.14. The highest BCUT2D eigenvalue weighted by Gasteiger charge is 2.17. The molecule has 1 aromatic heterocycles. The lowest BCUT2D eigenvalue weighted by molar-refractivity contribution is -0.384. The molecule has 102 valence electrons. The topological polar surface area (TPSA) is 85.1 Å². The maximum absolute atomic E-state index is 12.0. The molecule has 1 amide bonds. The van der Waals surface area contributed by atoms with Gasteiger partial charge >= 0.3 is 0 Å². The fourth-order valence-electron chi connectivity index (χ4n) is 1.59. The Morgan fingerprint density at radius 1 is 1.35 bits per heavy atom. The molecule has 0 spiro atoms. The Morgan fingerprint density at radius 2 is 2.10 bits per heavy atom. The number of aromatic nitrogens is 1. The van der Waals surface area contributed by atoms with E-state index in [1.54, 1.807) is 19.1 Å². The van der Waals surface area contributed by atoms with Crippen LogP contribution in [0.15, 0.2) is 41.0 Å². The number of halogens is 1. The number of aryl methyl sites for hydroxylation is 1. The Bertz CT molecular complexity index is 671. The van der Waals surface area contributed by atoms with Gasteiger partial charge in [0.2, 0.25) is 0 Å². The molecule has 0 atom stereocenters. The van der Waals surface area contributed by atoms with E-state index in [0.29, 0.717) is 0 Å². The molecular weight excluding hydrogens is 326 g/mol. The summed E-state index contributed by atoms with van der Waals surface area (Å²) in [7, 11) is 0. The fourth-order valence-corrected chi connectivity index (χ4v) is 1.83. The van der Waals surface area contributed by atoms with Gasteiger partial charge in [0.05, 0.1) is 4.92 Å². The predicted octanol–water partition coefficient (Wildman–Crippen LogP) is 3.31. The second kappa shape index (κ2) is 5.79. The number of pyridine rings is 1. The molecule has 20 heavy (non-hydrogen) atoms. The number of hydrogen-bond acceptors (Lipinski definition) is 4. The molecule has 1 heterocycles. The lowest BCUT2D eigenvalue weighted by Gasteiger charge is -2.06. The number of nitro groups is 1. The van der Waals surface area contributed by atoms with Gasteiger partial charge in [-0.2, -0.15) is 0 Å². The van der Waals surface area contributed by atoms with E-state index < -0.39 is 10.8 Å². The number of benzene rings is 1. The number of rotatable bonds is 3. The number of carbonyl (C=O) groups excluding carboxylic acids is 1. The summed E-state index contributed by atoms with van der Waals surface area (Å²) in [6, 6.07) is 7.80. The summed E-state index contributed by atoms with van der Waals surface area (Å²) in [6.45, 7) is 1.74. The first kappa shape index (κ1) is 14.1. The monoisotopic (exact) mass is 335 g/mol. The zero-order valence-corrected chi connectivity index (χ0v) is 12.0.